The van der Waals surface area contributed by atoms with Crippen LogP contribution in [0.4, 0.5) is 17.2 Å². The fourth-order valence-corrected chi connectivity index (χ4v) is 4.74. The molecule has 44 heavy (non-hydrogen) atoms. The van der Waals surface area contributed by atoms with Crippen LogP contribution in [0.1, 0.15) is 65.4 Å². The minimum atomic E-state index is -0.403. The summed E-state index contributed by atoms with van der Waals surface area (Å²) in [6.07, 6.45) is 4.87. The number of aliphatic imine (C=N–C) groups is 1. The van der Waals surface area contributed by atoms with Gasteiger partial charge in [0.15, 0.2) is 0 Å². The number of benzene rings is 1. The van der Waals surface area contributed by atoms with Crippen LogP contribution >= 0.6 is 11.8 Å². The Balaban J connectivity index is -0.00000169. The maximum absolute atomic E-state index is 13.3. The summed E-state index contributed by atoms with van der Waals surface area (Å²) >= 11 is 1.71. The molecule has 1 heterocycles. The Morgan fingerprint density at radius 3 is 2.23 bits per heavy atom. The summed E-state index contributed by atoms with van der Waals surface area (Å²) in [5.41, 5.74) is 7.88. The number of nitrogens with two attached hydrogens (primary N) is 1. The molecule has 248 valence electrons. The Hall–Kier alpha value is -3.54. The Bertz CT molecular complexity index is 1010. The lowest BCUT2D eigenvalue weighted by Crippen LogP contribution is -2.36. The highest BCUT2D eigenvalue weighted by atomic mass is 32.2. The van der Waals surface area contributed by atoms with Crippen molar-refractivity contribution in [1.29, 1.82) is 0 Å². The molecular weight excluding hydrogens is 574 g/mol. The minimum absolute atomic E-state index is 0.133. The third kappa shape index (κ3) is 19.6. The first kappa shape index (κ1) is 44.9. The Labute approximate surface area is 270 Å². The molecule has 1 aromatic carbocycles. The summed E-state index contributed by atoms with van der Waals surface area (Å²) < 4.78 is 0. The second-order valence-electron chi connectivity index (χ2n) is 9.17. The van der Waals surface area contributed by atoms with Crippen molar-refractivity contribution in [3.63, 3.8) is 0 Å². The van der Waals surface area contributed by atoms with Crippen LogP contribution in [0.15, 0.2) is 59.6 Å². The van der Waals surface area contributed by atoms with Gasteiger partial charge in [-0.15, -0.1) is 24.9 Å². The summed E-state index contributed by atoms with van der Waals surface area (Å²) in [4.78, 5) is 41.3. The molecule has 0 bridgehead atoms. The molecule has 6 N–H and O–H groups in total. The number of nitrogens with one attached hydrogen (secondary N) is 4. The summed E-state index contributed by atoms with van der Waals surface area (Å²) in [5.74, 6) is 0.952. The van der Waals surface area contributed by atoms with Crippen LogP contribution in [0.2, 0.25) is 0 Å². The van der Waals surface area contributed by atoms with Gasteiger partial charge in [0, 0.05) is 29.8 Å². The number of aromatic nitrogens is 1. The number of carbonyl (C=O) groups is 3. The fourth-order valence-electron chi connectivity index (χ4n) is 3.64. The van der Waals surface area contributed by atoms with Gasteiger partial charge in [0.25, 0.3) is 0 Å². The van der Waals surface area contributed by atoms with Crippen LogP contribution in [-0.4, -0.2) is 69.8 Å². The molecule has 1 aromatic heterocycles. The van der Waals surface area contributed by atoms with Crippen LogP contribution in [-0.2, 0) is 14.4 Å². The van der Waals surface area contributed by atoms with Gasteiger partial charge in [0.1, 0.15) is 12.6 Å². The van der Waals surface area contributed by atoms with E-state index in [1.54, 1.807) is 30.1 Å². The molecule has 0 aliphatic carbocycles. The van der Waals surface area contributed by atoms with E-state index in [1.807, 2.05) is 52.9 Å². The number of pyridine rings is 1. The third-order valence-electron chi connectivity index (χ3n) is 5.72. The monoisotopic (exact) mass is 631 g/mol. The predicted octanol–water partition coefficient (Wildman–Crippen LogP) is 5.84. The number of amides is 2. The lowest BCUT2D eigenvalue weighted by atomic mass is 9.89. The largest absolute Gasteiger partial charge is 0.384 e. The molecular formula is C33H57N7O3S. The van der Waals surface area contributed by atoms with Gasteiger partial charge in [-0.1, -0.05) is 47.1 Å². The van der Waals surface area contributed by atoms with E-state index in [0.717, 1.165) is 34.9 Å². The summed E-state index contributed by atoms with van der Waals surface area (Å²) in [5, 5.41) is 12.2. The standard InChI is InChI=1S/C25H37N7O2S.C3H8.C2H6.C2H4.CH2O/c1-17(12-30-16-33)5-8-21(25(34)32-19-7-10-24(26)31-14-19)18-6-9-23(22(11-18)29-4)35-15-20(28-3)13-27-2;1-3-2;3*1-2/h6-7,9-11,14,16-17,20-21,27-28H,4-5,8,12-13,15H2,1-3H3,(H2,26,31)(H,30,33)(H,32,34);3H2,1-2H3;1-2H3;1-2H2;1H2/t17?,20?,21-;;;;/m1..../s1. The quantitative estimate of drug-likeness (QED) is 0.0671. The maximum atomic E-state index is 13.3. The van der Waals surface area contributed by atoms with E-state index in [-0.39, 0.29) is 11.8 Å². The van der Waals surface area contributed by atoms with E-state index in [4.69, 9.17) is 10.5 Å². The fraction of sp³-hybridized carbons (Fsp3) is 0.485. The molecule has 0 aliphatic rings. The lowest BCUT2D eigenvalue weighted by molar-refractivity contribution is -0.118. The average Bonchev–Trinajstić information content (AvgIpc) is 3.06. The number of carbonyl (C=O) groups excluding carboxylic acids is 3. The third-order valence-corrected chi connectivity index (χ3v) is 6.95. The van der Waals surface area contributed by atoms with Crippen molar-refractivity contribution in [2.45, 2.75) is 70.7 Å². The van der Waals surface area contributed by atoms with Gasteiger partial charge in [0.05, 0.1) is 23.5 Å². The summed E-state index contributed by atoms with van der Waals surface area (Å²) in [6.45, 7) is 23.5. The first-order chi connectivity index (χ1) is 21.3. The first-order valence-corrected chi connectivity index (χ1v) is 15.8. The first-order valence-electron chi connectivity index (χ1n) is 14.9. The van der Waals surface area contributed by atoms with E-state index in [9.17, 15) is 9.59 Å². The Kier molecular flexibility index (Phi) is 31.5. The Morgan fingerprint density at radius 1 is 1.09 bits per heavy atom. The van der Waals surface area contributed by atoms with Gasteiger partial charge >= 0.3 is 0 Å². The van der Waals surface area contributed by atoms with Crippen LogP contribution < -0.4 is 27.0 Å². The molecule has 3 atom stereocenters. The molecule has 11 heteroatoms. The molecule has 0 spiro atoms. The van der Waals surface area contributed by atoms with Crippen molar-refractivity contribution >= 4 is 54.8 Å². The van der Waals surface area contributed by atoms with Gasteiger partial charge in [-0.05, 0) is 69.4 Å². The predicted molar refractivity (Wildman–Crippen MR) is 191 cm³/mol. The molecule has 0 aliphatic heterocycles. The van der Waals surface area contributed by atoms with Crippen molar-refractivity contribution in [1.82, 2.24) is 20.9 Å². The van der Waals surface area contributed by atoms with Crippen LogP contribution in [0.5, 0.6) is 0 Å². The van der Waals surface area contributed by atoms with E-state index >= 15 is 0 Å². The maximum Gasteiger partial charge on any atom is 0.231 e. The molecule has 2 aromatic rings. The highest BCUT2D eigenvalue weighted by molar-refractivity contribution is 7.99. The molecule has 0 saturated heterocycles. The number of anilines is 2. The van der Waals surface area contributed by atoms with Crippen molar-refractivity contribution in [3.05, 3.63) is 55.3 Å². The van der Waals surface area contributed by atoms with Crippen molar-refractivity contribution < 1.29 is 14.4 Å². The summed E-state index contributed by atoms with van der Waals surface area (Å²) in [6, 6.07) is 9.64. The summed E-state index contributed by atoms with van der Waals surface area (Å²) in [7, 11) is 3.88. The molecule has 2 rings (SSSR count). The number of hydrogen-bond acceptors (Lipinski definition) is 9. The van der Waals surface area contributed by atoms with Crippen LogP contribution in [0.3, 0.4) is 0 Å². The molecule has 0 radical (unpaired) electrons. The van der Waals surface area contributed by atoms with E-state index in [0.29, 0.717) is 36.9 Å². The topological polar surface area (TPSA) is 151 Å². The van der Waals surface area contributed by atoms with Gasteiger partial charge in [-0.2, -0.15) is 0 Å². The molecule has 0 fully saturated rings. The van der Waals surface area contributed by atoms with E-state index in [1.165, 1.54) is 6.42 Å². The second kappa shape index (κ2) is 30.9. The normalized spacial score (nSPS) is 11.4. The van der Waals surface area contributed by atoms with E-state index in [2.05, 4.69) is 71.9 Å². The van der Waals surface area contributed by atoms with Gasteiger partial charge in [0.2, 0.25) is 12.3 Å². The minimum Gasteiger partial charge on any atom is -0.384 e. The molecule has 2 amide bonds. The lowest BCUT2D eigenvalue weighted by Gasteiger charge is -2.21. The average molecular weight is 632 g/mol. The molecule has 0 saturated carbocycles. The molecule has 2 unspecified atom stereocenters. The number of rotatable bonds is 16. The second-order valence-corrected chi connectivity index (χ2v) is 10.2. The Morgan fingerprint density at radius 2 is 1.73 bits per heavy atom. The molecule has 10 nitrogen and oxygen atoms in total. The zero-order valence-electron chi connectivity index (χ0n) is 27.9. The SMILES string of the molecule is C=C.C=Nc1cc([C@@H](CCC(C)CNC=O)C(=O)Nc2ccc(N)nc2)ccc1SCC(CNC)NC.C=O.CC.CCC. The number of nitrogens with zero attached hydrogens (tertiary/aromatic N) is 2. The van der Waals surface area contributed by atoms with E-state index < -0.39 is 5.92 Å². The number of likely N-dealkylation sites (N-methyl/N-ethyl adjacent to an activating group) is 2. The van der Waals surface area contributed by atoms with Crippen molar-refractivity contribution in [3.8, 4) is 0 Å². The van der Waals surface area contributed by atoms with Crippen LogP contribution in [0.25, 0.3) is 0 Å². The van der Waals surface area contributed by atoms with Crippen LogP contribution in [0, 0.1) is 5.92 Å². The number of nitrogen functional groups attached to an aromatic ring is 1. The zero-order chi connectivity index (χ0) is 34.3. The van der Waals surface area contributed by atoms with Gasteiger partial charge < -0.3 is 31.8 Å². The van der Waals surface area contributed by atoms with Crippen molar-refractivity contribution in [2.75, 3.05) is 44.0 Å². The number of thioether (sulfide) groups is 1. The highest BCUT2D eigenvalue weighted by Crippen LogP contribution is 2.35. The van der Waals surface area contributed by atoms with Crippen molar-refractivity contribution in [2.24, 2.45) is 10.9 Å². The smallest absolute Gasteiger partial charge is 0.231 e. The van der Waals surface area contributed by atoms with Gasteiger partial charge in [-0.25, -0.2) is 4.98 Å². The highest BCUT2D eigenvalue weighted by Gasteiger charge is 2.23. The number of hydrogen-bond donors (Lipinski definition) is 5. The van der Waals surface area contributed by atoms with Gasteiger partial charge in [-0.3, -0.25) is 14.6 Å². The zero-order valence-corrected chi connectivity index (χ0v) is 28.8.